The molecule has 11 heteroatoms. The van der Waals surface area contributed by atoms with Crippen molar-refractivity contribution in [1.29, 1.82) is 0 Å². The van der Waals surface area contributed by atoms with E-state index in [1.54, 1.807) is 18.2 Å². The van der Waals surface area contributed by atoms with Gasteiger partial charge in [0.15, 0.2) is 0 Å². The van der Waals surface area contributed by atoms with Crippen LogP contribution in [-0.4, -0.2) is 58.3 Å². The Morgan fingerprint density at radius 3 is 2.54 bits per heavy atom. The molecule has 0 radical (unpaired) electrons. The van der Waals surface area contributed by atoms with Crippen molar-refractivity contribution in [3.8, 4) is 0 Å². The Bertz CT molecular complexity index is 718. The number of carbonyl (C=O) groups is 4. The van der Waals surface area contributed by atoms with Crippen LogP contribution in [0.25, 0.3) is 0 Å². The normalized spacial score (nSPS) is 12.6. The summed E-state index contributed by atoms with van der Waals surface area (Å²) in [6.07, 6.45) is -0.255. The lowest BCUT2D eigenvalue weighted by atomic mass is 10.1. The lowest BCUT2D eigenvalue weighted by molar-refractivity contribution is -0.139. The molecule has 1 aromatic rings. The van der Waals surface area contributed by atoms with Crippen molar-refractivity contribution in [3.63, 3.8) is 0 Å². The van der Waals surface area contributed by atoms with Crippen LogP contribution in [0.2, 0.25) is 5.02 Å². The van der Waals surface area contributed by atoms with E-state index in [0.717, 1.165) is 5.56 Å². The average molecular weight is 432 g/mol. The van der Waals surface area contributed by atoms with E-state index in [1.807, 2.05) is 6.07 Å². The van der Waals surface area contributed by atoms with Crippen LogP contribution in [0.3, 0.4) is 0 Å². The summed E-state index contributed by atoms with van der Waals surface area (Å²) in [5.74, 6) is -2.90. The van der Waals surface area contributed by atoms with Crippen molar-refractivity contribution in [2.24, 2.45) is 5.73 Å². The number of thioether (sulfide) groups is 1. The van der Waals surface area contributed by atoms with E-state index in [2.05, 4.69) is 10.6 Å². The Hall–Kier alpha value is -2.30. The fourth-order valence-electron chi connectivity index (χ4n) is 2.07. The van der Waals surface area contributed by atoms with Gasteiger partial charge in [0.05, 0.1) is 0 Å². The molecular formula is C17H22ClN3O6S. The van der Waals surface area contributed by atoms with E-state index >= 15 is 0 Å². The smallest absolute Gasteiger partial charge is 0.322 e. The predicted octanol–water partition coefficient (Wildman–Crippen LogP) is 0.451. The molecule has 2 amide bonds. The first-order valence-corrected chi connectivity index (χ1v) is 9.81. The first kappa shape index (κ1) is 23.7. The number of hydrogen-bond acceptors (Lipinski definition) is 6. The molecular weight excluding hydrogens is 410 g/mol. The lowest BCUT2D eigenvalue weighted by Crippen LogP contribution is -2.49. The summed E-state index contributed by atoms with van der Waals surface area (Å²) >= 11 is 7.28. The molecule has 28 heavy (non-hydrogen) atoms. The Morgan fingerprint density at radius 1 is 1.21 bits per heavy atom. The van der Waals surface area contributed by atoms with Crippen LogP contribution in [0.15, 0.2) is 24.3 Å². The van der Waals surface area contributed by atoms with Crippen LogP contribution in [0.5, 0.6) is 0 Å². The Morgan fingerprint density at radius 2 is 1.93 bits per heavy atom. The molecule has 0 fully saturated rings. The predicted molar refractivity (Wildman–Crippen MR) is 105 cm³/mol. The SMILES string of the molecule is N[C@@H](CCC(=O)NC(CSCc1cccc(Cl)c1)C(=O)NCC(=O)O)C(=O)O. The number of halogens is 1. The third-order valence-corrected chi connectivity index (χ3v) is 4.85. The van der Waals surface area contributed by atoms with Crippen molar-refractivity contribution in [2.45, 2.75) is 30.7 Å². The third kappa shape index (κ3) is 9.58. The molecule has 0 heterocycles. The van der Waals surface area contributed by atoms with Crippen molar-refractivity contribution in [3.05, 3.63) is 34.9 Å². The molecule has 1 rings (SSSR count). The molecule has 0 aromatic heterocycles. The minimum Gasteiger partial charge on any atom is -0.480 e. The van der Waals surface area contributed by atoms with Crippen LogP contribution in [0, 0.1) is 0 Å². The standard InChI is InChI=1S/C17H22ClN3O6S/c18-11-3-1-2-10(6-11)8-28-9-13(16(25)20-7-15(23)24)21-14(22)5-4-12(19)17(26)27/h1-3,6,12-13H,4-5,7-9,19H2,(H,20,25)(H,21,22)(H,23,24)(H,26,27)/t12-,13?/m0/s1. The lowest BCUT2D eigenvalue weighted by Gasteiger charge is -2.18. The fraction of sp³-hybridized carbons (Fsp3) is 0.412. The van der Waals surface area contributed by atoms with Gasteiger partial charge in [-0.2, -0.15) is 11.8 Å². The zero-order valence-electron chi connectivity index (χ0n) is 14.9. The largest absolute Gasteiger partial charge is 0.480 e. The zero-order chi connectivity index (χ0) is 21.1. The molecule has 0 bridgehead atoms. The third-order valence-electron chi connectivity index (χ3n) is 3.51. The summed E-state index contributed by atoms with van der Waals surface area (Å²) in [7, 11) is 0. The Balaban J connectivity index is 2.61. The average Bonchev–Trinajstić information content (AvgIpc) is 2.63. The van der Waals surface area contributed by atoms with Crippen molar-refractivity contribution in [2.75, 3.05) is 12.3 Å². The minimum atomic E-state index is -1.22. The van der Waals surface area contributed by atoms with Crippen LogP contribution in [-0.2, 0) is 24.9 Å². The maximum absolute atomic E-state index is 12.2. The second kappa shape index (κ2) is 12.2. The second-order valence-corrected chi connectivity index (χ2v) is 7.33. The van der Waals surface area contributed by atoms with E-state index in [4.69, 9.17) is 27.5 Å². The van der Waals surface area contributed by atoms with Crippen molar-refractivity contribution < 1.29 is 29.4 Å². The fourth-order valence-corrected chi connectivity index (χ4v) is 3.28. The van der Waals surface area contributed by atoms with Gasteiger partial charge in [0.1, 0.15) is 18.6 Å². The number of nitrogens with two attached hydrogens (primary N) is 1. The highest BCUT2D eigenvalue weighted by molar-refractivity contribution is 7.98. The molecule has 1 unspecified atom stereocenters. The van der Waals surface area contributed by atoms with E-state index in [-0.39, 0.29) is 18.6 Å². The van der Waals surface area contributed by atoms with Gasteiger partial charge in [-0.1, -0.05) is 23.7 Å². The molecule has 0 aliphatic rings. The van der Waals surface area contributed by atoms with Gasteiger partial charge in [0.25, 0.3) is 0 Å². The Labute approximate surface area is 171 Å². The number of aliphatic carboxylic acids is 2. The highest BCUT2D eigenvalue weighted by atomic mass is 35.5. The van der Waals surface area contributed by atoms with Gasteiger partial charge in [-0.15, -0.1) is 0 Å². The van der Waals surface area contributed by atoms with Gasteiger partial charge in [0, 0.05) is 22.9 Å². The van der Waals surface area contributed by atoms with E-state index < -0.39 is 42.4 Å². The second-order valence-electron chi connectivity index (χ2n) is 5.86. The maximum atomic E-state index is 12.2. The molecule has 1 aromatic carbocycles. The summed E-state index contributed by atoms with van der Waals surface area (Å²) < 4.78 is 0. The van der Waals surface area contributed by atoms with Crippen LogP contribution < -0.4 is 16.4 Å². The van der Waals surface area contributed by atoms with Crippen molar-refractivity contribution >= 4 is 47.1 Å². The molecule has 0 aliphatic heterocycles. The molecule has 154 valence electrons. The number of benzene rings is 1. The molecule has 0 aliphatic carbocycles. The van der Waals surface area contributed by atoms with E-state index in [1.165, 1.54) is 11.8 Å². The number of carboxylic acid groups (broad SMARTS) is 2. The van der Waals surface area contributed by atoms with Gasteiger partial charge in [-0.3, -0.25) is 19.2 Å². The zero-order valence-corrected chi connectivity index (χ0v) is 16.5. The number of nitrogens with one attached hydrogen (secondary N) is 2. The van der Waals surface area contributed by atoms with E-state index in [9.17, 15) is 19.2 Å². The molecule has 9 nitrogen and oxygen atoms in total. The summed E-state index contributed by atoms with van der Waals surface area (Å²) in [6.45, 7) is -0.575. The molecule has 0 saturated carbocycles. The summed E-state index contributed by atoms with van der Waals surface area (Å²) in [4.78, 5) is 45.5. The van der Waals surface area contributed by atoms with Gasteiger partial charge >= 0.3 is 11.9 Å². The molecule has 6 N–H and O–H groups in total. The van der Waals surface area contributed by atoms with Crippen LogP contribution in [0.1, 0.15) is 18.4 Å². The summed E-state index contributed by atoms with van der Waals surface area (Å²) in [6, 6.07) is 5.02. The molecule has 0 saturated heterocycles. The Kier molecular flexibility index (Phi) is 10.4. The summed E-state index contributed by atoms with van der Waals surface area (Å²) in [5, 5.41) is 22.7. The molecule has 0 spiro atoms. The first-order chi connectivity index (χ1) is 13.2. The highest BCUT2D eigenvalue weighted by Crippen LogP contribution is 2.17. The molecule has 2 atom stereocenters. The van der Waals surface area contributed by atoms with Gasteiger partial charge < -0.3 is 26.6 Å². The van der Waals surface area contributed by atoms with Crippen LogP contribution >= 0.6 is 23.4 Å². The topological polar surface area (TPSA) is 159 Å². The quantitative estimate of drug-likeness (QED) is 0.319. The van der Waals surface area contributed by atoms with E-state index in [0.29, 0.717) is 10.8 Å². The number of carboxylic acids is 2. The number of carbonyl (C=O) groups excluding carboxylic acids is 2. The number of hydrogen-bond donors (Lipinski definition) is 5. The van der Waals surface area contributed by atoms with Gasteiger partial charge in [0.2, 0.25) is 11.8 Å². The number of amides is 2. The number of rotatable bonds is 12. The monoisotopic (exact) mass is 431 g/mol. The summed E-state index contributed by atoms with van der Waals surface area (Å²) in [5.41, 5.74) is 6.29. The minimum absolute atomic E-state index is 0.0830. The van der Waals surface area contributed by atoms with Gasteiger partial charge in [-0.25, -0.2) is 0 Å². The first-order valence-electron chi connectivity index (χ1n) is 8.28. The van der Waals surface area contributed by atoms with Crippen molar-refractivity contribution in [1.82, 2.24) is 10.6 Å². The maximum Gasteiger partial charge on any atom is 0.322 e. The highest BCUT2D eigenvalue weighted by Gasteiger charge is 2.22. The van der Waals surface area contributed by atoms with Crippen LogP contribution in [0.4, 0.5) is 0 Å². The van der Waals surface area contributed by atoms with Gasteiger partial charge in [-0.05, 0) is 24.1 Å².